The molecule has 20 heavy (non-hydrogen) atoms. The first kappa shape index (κ1) is 13.0. The second-order valence-corrected chi connectivity index (χ2v) is 5.37. The van der Waals surface area contributed by atoms with Crippen LogP contribution in [0, 0.1) is 0 Å². The molecule has 0 aliphatic carbocycles. The van der Waals surface area contributed by atoms with Crippen molar-refractivity contribution in [3.05, 3.63) is 23.8 Å². The van der Waals surface area contributed by atoms with E-state index in [1.54, 1.807) is 12.0 Å². The zero-order valence-corrected chi connectivity index (χ0v) is 11.7. The summed E-state index contributed by atoms with van der Waals surface area (Å²) >= 11 is 0. The Morgan fingerprint density at radius 3 is 3.00 bits per heavy atom. The lowest BCUT2D eigenvalue weighted by Crippen LogP contribution is -2.39. The lowest BCUT2D eigenvalue weighted by Gasteiger charge is -2.22. The normalized spacial score (nSPS) is 23.9. The van der Waals surface area contributed by atoms with Gasteiger partial charge >= 0.3 is 0 Å². The summed E-state index contributed by atoms with van der Waals surface area (Å²) in [5.41, 5.74) is 1.18. The quantitative estimate of drug-likeness (QED) is 0.889. The Kier molecular flexibility index (Phi) is 2.92. The Morgan fingerprint density at radius 2 is 2.30 bits per heavy atom. The number of hydrogen-bond donors (Lipinski definition) is 1. The van der Waals surface area contributed by atoms with Crippen LogP contribution in [-0.4, -0.2) is 36.9 Å². The fraction of sp³-hybridized carbons (Fsp3) is 0.467. The highest BCUT2D eigenvalue weighted by Crippen LogP contribution is 2.45. The summed E-state index contributed by atoms with van der Waals surface area (Å²) in [5, 5.41) is 2.93. The second kappa shape index (κ2) is 4.51. The van der Waals surface area contributed by atoms with Gasteiger partial charge in [-0.3, -0.25) is 9.59 Å². The molecule has 1 N–H and O–H groups in total. The topological polar surface area (TPSA) is 58.6 Å². The third kappa shape index (κ3) is 1.69. The van der Waals surface area contributed by atoms with Crippen molar-refractivity contribution in [2.45, 2.75) is 25.2 Å². The molecule has 2 aliphatic heterocycles. The molecule has 3 rings (SSSR count). The molecule has 1 saturated heterocycles. The molecule has 2 aliphatic rings. The van der Waals surface area contributed by atoms with Crippen LogP contribution >= 0.6 is 0 Å². The fourth-order valence-corrected chi connectivity index (χ4v) is 3.17. The minimum absolute atomic E-state index is 0.00726. The zero-order chi connectivity index (χ0) is 14.3. The summed E-state index contributed by atoms with van der Waals surface area (Å²) in [4.78, 5) is 26.1. The molecule has 0 aromatic heterocycles. The first-order valence-electron chi connectivity index (χ1n) is 6.88. The summed E-state index contributed by atoms with van der Waals surface area (Å²) < 4.78 is 5.25. The van der Waals surface area contributed by atoms with Crippen LogP contribution in [-0.2, 0) is 15.0 Å². The number of carbonyl (C=O) groups excluding carboxylic acids is 2. The monoisotopic (exact) mass is 274 g/mol. The molecule has 0 bridgehead atoms. The third-order valence-electron chi connectivity index (χ3n) is 4.35. The van der Waals surface area contributed by atoms with Gasteiger partial charge in [0.25, 0.3) is 0 Å². The maximum Gasteiger partial charge on any atom is 0.237 e. The molecule has 1 aromatic carbocycles. The van der Waals surface area contributed by atoms with Gasteiger partial charge in [0, 0.05) is 25.2 Å². The first-order valence-corrected chi connectivity index (χ1v) is 6.88. The van der Waals surface area contributed by atoms with Crippen LogP contribution in [0.2, 0.25) is 0 Å². The number of methoxy groups -OCH3 is 1. The molecule has 2 heterocycles. The fourth-order valence-electron chi connectivity index (χ4n) is 3.17. The van der Waals surface area contributed by atoms with E-state index in [-0.39, 0.29) is 11.8 Å². The highest BCUT2D eigenvalue weighted by Gasteiger charge is 2.52. The number of carbonyl (C=O) groups is 2. The Bertz CT molecular complexity index is 584. The zero-order valence-electron chi connectivity index (χ0n) is 11.7. The van der Waals surface area contributed by atoms with Crippen molar-refractivity contribution in [2.75, 3.05) is 25.5 Å². The lowest BCUT2D eigenvalue weighted by molar-refractivity contribution is -0.130. The number of nitrogens with one attached hydrogen (secondary N) is 1. The molecule has 1 unspecified atom stereocenters. The average Bonchev–Trinajstić information content (AvgIpc) is 3.03. The van der Waals surface area contributed by atoms with Crippen LogP contribution in [0.5, 0.6) is 5.75 Å². The van der Waals surface area contributed by atoms with Gasteiger partial charge in [0.05, 0.1) is 12.5 Å². The molecule has 106 valence electrons. The second-order valence-electron chi connectivity index (χ2n) is 5.37. The maximum absolute atomic E-state index is 12.4. The van der Waals surface area contributed by atoms with Gasteiger partial charge in [0.15, 0.2) is 0 Å². The van der Waals surface area contributed by atoms with E-state index in [0.29, 0.717) is 25.9 Å². The number of nitrogens with zero attached hydrogens (tertiary/aromatic N) is 1. The smallest absolute Gasteiger partial charge is 0.237 e. The minimum Gasteiger partial charge on any atom is -0.497 e. The molecule has 2 amide bonds. The van der Waals surface area contributed by atoms with Gasteiger partial charge in [0.1, 0.15) is 5.75 Å². The average molecular weight is 274 g/mol. The molecule has 0 radical (unpaired) electrons. The van der Waals surface area contributed by atoms with Gasteiger partial charge in [-0.25, -0.2) is 0 Å². The molecule has 5 nitrogen and oxygen atoms in total. The predicted octanol–water partition coefficient (Wildman–Crippen LogP) is 1.53. The Balaban J connectivity index is 1.99. The molecule has 1 spiro atoms. The van der Waals surface area contributed by atoms with Crippen LogP contribution in [0.15, 0.2) is 18.2 Å². The number of anilines is 1. The van der Waals surface area contributed by atoms with Gasteiger partial charge in [-0.1, -0.05) is 6.92 Å². The Hall–Kier alpha value is -2.04. The summed E-state index contributed by atoms with van der Waals surface area (Å²) in [5.74, 6) is 0.832. The van der Waals surface area contributed by atoms with E-state index >= 15 is 0 Å². The van der Waals surface area contributed by atoms with Crippen LogP contribution in [0.3, 0.4) is 0 Å². The van der Waals surface area contributed by atoms with E-state index in [0.717, 1.165) is 17.0 Å². The molecule has 1 atom stereocenters. The van der Waals surface area contributed by atoms with Gasteiger partial charge in [-0.2, -0.15) is 0 Å². The van der Waals surface area contributed by atoms with Crippen molar-refractivity contribution in [1.29, 1.82) is 0 Å². The minimum atomic E-state index is -0.602. The lowest BCUT2D eigenvalue weighted by atomic mass is 9.81. The van der Waals surface area contributed by atoms with Crippen molar-refractivity contribution >= 4 is 17.5 Å². The SMILES string of the molecule is CCC(=O)N1CCC2(C1)C(=O)Nc1ccc(OC)cc12. The maximum atomic E-state index is 12.4. The van der Waals surface area contributed by atoms with E-state index in [1.165, 1.54) is 0 Å². The van der Waals surface area contributed by atoms with Crippen molar-refractivity contribution in [1.82, 2.24) is 4.90 Å². The van der Waals surface area contributed by atoms with Crippen molar-refractivity contribution in [2.24, 2.45) is 0 Å². The summed E-state index contributed by atoms with van der Waals surface area (Å²) in [6.45, 7) is 2.95. The van der Waals surface area contributed by atoms with E-state index in [9.17, 15) is 9.59 Å². The van der Waals surface area contributed by atoms with Crippen LogP contribution in [0.1, 0.15) is 25.3 Å². The third-order valence-corrected chi connectivity index (χ3v) is 4.35. The number of likely N-dealkylation sites (tertiary alicyclic amines) is 1. The number of benzene rings is 1. The van der Waals surface area contributed by atoms with Gasteiger partial charge < -0.3 is 15.0 Å². The van der Waals surface area contributed by atoms with Gasteiger partial charge in [-0.05, 0) is 30.2 Å². The van der Waals surface area contributed by atoms with Gasteiger partial charge in [0.2, 0.25) is 11.8 Å². The van der Waals surface area contributed by atoms with Crippen LogP contribution < -0.4 is 10.1 Å². The highest BCUT2D eigenvalue weighted by atomic mass is 16.5. The molecular weight excluding hydrogens is 256 g/mol. The number of rotatable bonds is 2. The molecule has 1 fully saturated rings. The van der Waals surface area contributed by atoms with Crippen molar-refractivity contribution in [3.63, 3.8) is 0 Å². The van der Waals surface area contributed by atoms with E-state index in [1.807, 2.05) is 25.1 Å². The first-order chi connectivity index (χ1) is 9.60. The largest absolute Gasteiger partial charge is 0.497 e. The van der Waals surface area contributed by atoms with E-state index < -0.39 is 5.41 Å². The summed E-state index contributed by atoms with van der Waals surface area (Å²) in [7, 11) is 1.61. The van der Waals surface area contributed by atoms with Crippen LogP contribution in [0.4, 0.5) is 5.69 Å². The Labute approximate surface area is 117 Å². The molecule has 5 heteroatoms. The molecular formula is C15H18N2O3. The Morgan fingerprint density at radius 1 is 1.50 bits per heavy atom. The number of fused-ring (bicyclic) bond motifs is 2. The summed E-state index contributed by atoms with van der Waals surface area (Å²) in [6.07, 6.45) is 1.15. The van der Waals surface area contributed by atoms with Crippen LogP contribution in [0.25, 0.3) is 0 Å². The number of ether oxygens (including phenoxy) is 1. The van der Waals surface area contributed by atoms with Gasteiger partial charge in [-0.15, -0.1) is 0 Å². The predicted molar refractivity (Wildman–Crippen MR) is 74.8 cm³/mol. The molecule has 1 aromatic rings. The number of amides is 2. The summed E-state index contributed by atoms with van der Waals surface area (Å²) in [6, 6.07) is 5.61. The van der Waals surface area contributed by atoms with Crippen molar-refractivity contribution in [3.8, 4) is 5.75 Å². The standard InChI is InChI=1S/C15H18N2O3/c1-3-13(18)17-7-6-15(9-17)11-8-10(20-2)4-5-12(11)16-14(15)19/h4-5,8H,3,6-7,9H2,1-2H3,(H,16,19). The molecule has 0 saturated carbocycles. The van der Waals surface area contributed by atoms with Crippen molar-refractivity contribution < 1.29 is 14.3 Å². The van der Waals surface area contributed by atoms with E-state index in [2.05, 4.69) is 5.32 Å². The number of hydrogen-bond acceptors (Lipinski definition) is 3. The van der Waals surface area contributed by atoms with E-state index in [4.69, 9.17) is 4.74 Å². The highest BCUT2D eigenvalue weighted by molar-refractivity contribution is 6.07.